The Morgan fingerprint density at radius 2 is 1.91 bits per heavy atom. The van der Waals surface area contributed by atoms with Crippen molar-refractivity contribution in [1.29, 1.82) is 0 Å². The molecule has 0 saturated carbocycles. The first-order valence-corrected chi connectivity index (χ1v) is 6.73. The highest BCUT2D eigenvalue weighted by Gasteiger charge is 2.19. The topological polar surface area (TPSA) is 107 Å². The first-order valence-electron chi connectivity index (χ1n) is 6.73. The van der Waals surface area contributed by atoms with E-state index in [0.717, 1.165) is 5.56 Å². The smallest absolute Gasteiger partial charge is 0.270 e. The number of benzene rings is 2. The van der Waals surface area contributed by atoms with Gasteiger partial charge in [-0.05, 0) is 16.8 Å². The van der Waals surface area contributed by atoms with E-state index in [1.165, 1.54) is 12.1 Å². The average Bonchev–Trinajstić information content (AvgIpc) is 2.94. The van der Waals surface area contributed by atoms with Crippen molar-refractivity contribution in [3.8, 4) is 11.1 Å². The zero-order chi connectivity index (χ0) is 16.0. The molecule has 0 unspecified atom stereocenters. The Kier molecular flexibility index (Phi) is 2.70. The molecule has 8 nitrogen and oxygen atoms in total. The van der Waals surface area contributed by atoms with Gasteiger partial charge >= 0.3 is 0 Å². The van der Waals surface area contributed by atoms with Crippen LogP contribution in [0.5, 0.6) is 0 Å². The van der Waals surface area contributed by atoms with E-state index in [4.69, 9.17) is 0 Å². The molecule has 23 heavy (non-hydrogen) atoms. The third-order valence-electron chi connectivity index (χ3n) is 3.62. The van der Waals surface area contributed by atoms with E-state index in [1.807, 2.05) is 30.3 Å². The molecule has 0 amide bonds. The summed E-state index contributed by atoms with van der Waals surface area (Å²) in [5, 5.41) is 29.0. The first kappa shape index (κ1) is 13.1. The third kappa shape index (κ3) is 1.96. The Morgan fingerprint density at radius 3 is 2.65 bits per heavy atom. The van der Waals surface area contributed by atoms with Crippen LogP contribution in [0.15, 0.2) is 48.5 Å². The SMILES string of the molecule is O=[N+]([O-])c1ccc2nc3nnn(O)c3c(-c3ccccc3)c2c1. The Hall–Kier alpha value is -3.55. The lowest BCUT2D eigenvalue weighted by atomic mass is 9.99. The lowest BCUT2D eigenvalue weighted by molar-refractivity contribution is -0.384. The summed E-state index contributed by atoms with van der Waals surface area (Å²) in [6.07, 6.45) is 0. The second kappa shape index (κ2) is 4.73. The van der Waals surface area contributed by atoms with Gasteiger partial charge < -0.3 is 5.21 Å². The molecule has 0 saturated heterocycles. The van der Waals surface area contributed by atoms with Crippen LogP contribution in [0.3, 0.4) is 0 Å². The molecule has 0 aliphatic rings. The number of pyridine rings is 1. The molecule has 2 heterocycles. The highest BCUT2D eigenvalue weighted by molar-refractivity contribution is 6.07. The van der Waals surface area contributed by atoms with E-state index < -0.39 is 4.92 Å². The Morgan fingerprint density at radius 1 is 1.13 bits per heavy atom. The molecule has 0 spiro atoms. The molecule has 0 aliphatic carbocycles. The van der Waals surface area contributed by atoms with Gasteiger partial charge in [0.1, 0.15) is 0 Å². The molecule has 0 radical (unpaired) electrons. The molecular formula is C15H9N5O3. The van der Waals surface area contributed by atoms with Crippen molar-refractivity contribution in [2.45, 2.75) is 0 Å². The third-order valence-corrected chi connectivity index (χ3v) is 3.62. The largest absolute Gasteiger partial charge is 0.410 e. The summed E-state index contributed by atoms with van der Waals surface area (Å²) in [4.78, 5) is 15.6. The van der Waals surface area contributed by atoms with E-state index >= 15 is 0 Å². The van der Waals surface area contributed by atoms with E-state index in [-0.39, 0.29) is 11.3 Å². The minimum absolute atomic E-state index is 0.0483. The minimum Gasteiger partial charge on any atom is -0.410 e. The summed E-state index contributed by atoms with van der Waals surface area (Å²) < 4.78 is 0. The van der Waals surface area contributed by atoms with Crippen molar-refractivity contribution in [3.63, 3.8) is 0 Å². The molecule has 1 N–H and O–H groups in total. The Bertz CT molecular complexity index is 1060. The molecular weight excluding hydrogens is 298 g/mol. The van der Waals surface area contributed by atoms with Crippen molar-refractivity contribution in [3.05, 3.63) is 58.6 Å². The number of hydrogen-bond acceptors (Lipinski definition) is 6. The van der Waals surface area contributed by atoms with Gasteiger partial charge in [-0.2, -0.15) is 0 Å². The number of aromatic nitrogens is 4. The maximum absolute atomic E-state index is 11.1. The number of rotatable bonds is 2. The van der Waals surface area contributed by atoms with Crippen LogP contribution in [0, 0.1) is 10.1 Å². The summed E-state index contributed by atoms with van der Waals surface area (Å²) in [5.41, 5.74) is 2.46. The first-order chi connectivity index (χ1) is 11.1. The molecule has 112 valence electrons. The number of nitrogens with zero attached hydrogens (tertiary/aromatic N) is 5. The molecule has 0 fully saturated rings. The van der Waals surface area contributed by atoms with Gasteiger partial charge in [0.25, 0.3) is 5.69 Å². The molecule has 0 bridgehead atoms. The van der Waals surface area contributed by atoms with E-state index in [1.54, 1.807) is 6.07 Å². The van der Waals surface area contributed by atoms with Crippen LogP contribution < -0.4 is 0 Å². The van der Waals surface area contributed by atoms with Gasteiger partial charge in [-0.1, -0.05) is 35.2 Å². The van der Waals surface area contributed by atoms with Crippen molar-refractivity contribution in [2.24, 2.45) is 0 Å². The summed E-state index contributed by atoms with van der Waals surface area (Å²) in [6.45, 7) is 0. The van der Waals surface area contributed by atoms with E-state index in [9.17, 15) is 15.3 Å². The lowest BCUT2D eigenvalue weighted by Crippen LogP contribution is -1.96. The maximum Gasteiger partial charge on any atom is 0.270 e. The zero-order valence-electron chi connectivity index (χ0n) is 11.6. The van der Waals surface area contributed by atoms with Crippen LogP contribution in [0.4, 0.5) is 5.69 Å². The fourth-order valence-corrected chi connectivity index (χ4v) is 2.63. The van der Waals surface area contributed by atoms with Gasteiger partial charge in [0.05, 0.1) is 10.4 Å². The highest BCUT2D eigenvalue weighted by Crippen LogP contribution is 2.35. The quantitative estimate of drug-likeness (QED) is 0.346. The number of fused-ring (bicyclic) bond motifs is 2. The van der Waals surface area contributed by atoms with Crippen LogP contribution in [-0.4, -0.2) is 30.3 Å². The van der Waals surface area contributed by atoms with Gasteiger partial charge in [0.2, 0.25) is 5.65 Å². The molecule has 0 aliphatic heterocycles. The van der Waals surface area contributed by atoms with Crippen molar-refractivity contribution < 1.29 is 10.1 Å². The zero-order valence-corrected chi connectivity index (χ0v) is 11.6. The molecule has 2 aromatic carbocycles. The predicted octanol–water partition coefficient (Wildman–Crippen LogP) is 2.79. The average molecular weight is 307 g/mol. The van der Waals surface area contributed by atoms with Crippen LogP contribution in [0.25, 0.3) is 33.2 Å². The molecule has 8 heteroatoms. The normalized spacial score (nSPS) is 11.1. The standard InChI is InChI=1S/C15H9N5O3/c21-19-14-13(9-4-2-1-3-5-9)11-8-10(20(22)23)6-7-12(11)16-15(14)17-18-19/h1-8,21H. The van der Waals surface area contributed by atoms with Gasteiger partial charge in [0, 0.05) is 23.1 Å². The molecule has 4 rings (SSSR count). The molecule has 4 aromatic rings. The Balaban J connectivity index is 2.21. The predicted molar refractivity (Wildman–Crippen MR) is 82.1 cm³/mol. The molecule has 0 atom stereocenters. The Labute approximate surface area is 128 Å². The van der Waals surface area contributed by atoms with Crippen LogP contribution in [0.1, 0.15) is 0 Å². The number of nitro groups is 1. The fourth-order valence-electron chi connectivity index (χ4n) is 2.63. The highest BCUT2D eigenvalue weighted by atomic mass is 16.6. The monoisotopic (exact) mass is 307 g/mol. The van der Waals surface area contributed by atoms with Crippen molar-refractivity contribution in [2.75, 3.05) is 0 Å². The second-order valence-electron chi connectivity index (χ2n) is 4.96. The van der Waals surface area contributed by atoms with Crippen LogP contribution in [0.2, 0.25) is 0 Å². The maximum atomic E-state index is 11.1. The van der Waals surface area contributed by atoms with Gasteiger partial charge in [0.15, 0.2) is 5.52 Å². The summed E-state index contributed by atoms with van der Waals surface area (Å²) in [6, 6.07) is 13.6. The van der Waals surface area contributed by atoms with Gasteiger partial charge in [-0.15, -0.1) is 5.10 Å². The van der Waals surface area contributed by atoms with E-state index in [2.05, 4.69) is 15.3 Å². The van der Waals surface area contributed by atoms with E-state index in [0.29, 0.717) is 26.8 Å². The van der Waals surface area contributed by atoms with Crippen LogP contribution in [-0.2, 0) is 0 Å². The summed E-state index contributed by atoms with van der Waals surface area (Å²) >= 11 is 0. The number of non-ortho nitro benzene ring substituents is 1. The van der Waals surface area contributed by atoms with Gasteiger partial charge in [-0.25, -0.2) is 4.98 Å². The van der Waals surface area contributed by atoms with Crippen molar-refractivity contribution >= 4 is 27.8 Å². The lowest BCUT2D eigenvalue weighted by Gasteiger charge is -2.08. The van der Waals surface area contributed by atoms with Crippen molar-refractivity contribution in [1.82, 2.24) is 20.1 Å². The van der Waals surface area contributed by atoms with Crippen LogP contribution >= 0.6 is 0 Å². The summed E-state index contributed by atoms with van der Waals surface area (Å²) in [7, 11) is 0. The number of hydrogen-bond donors (Lipinski definition) is 1. The van der Waals surface area contributed by atoms with Gasteiger partial charge in [-0.3, -0.25) is 10.1 Å². The fraction of sp³-hybridized carbons (Fsp3) is 0. The minimum atomic E-state index is -0.465. The second-order valence-corrected chi connectivity index (χ2v) is 4.96. The summed E-state index contributed by atoms with van der Waals surface area (Å²) in [5.74, 6) is 0. The number of nitro benzene ring substituents is 1. The molecule has 2 aromatic heterocycles.